The van der Waals surface area contributed by atoms with Crippen molar-refractivity contribution < 1.29 is 38.1 Å². The van der Waals surface area contributed by atoms with Crippen LogP contribution >= 0.6 is 11.8 Å². The normalized spacial score (nSPS) is 20.0. The van der Waals surface area contributed by atoms with E-state index in [4.69, 9.17) is 4.74 Å². The first-order valence-corrected chi connectivity index (χ1v) is 15.5. The molecule has 3 aromatic carbocycles. The highest BCUT2D eigenvalue weighted by Gasteiger charge is 2.50. The average Bonchev–Trinajstić information content (AvgIpc) is 3.33. The lowest BCUT2D eigenvalue weighted by Gasteiger charge is -2.35. The van der Waals surface area contributed by atoms with Crippen LogP contribution in [-0.4, -0.2) is 68.3 Å². The Morgan fingerprint density at radius 2 is 1.84 bits per heavy atom. The second-order valence-electron chi connectivity index (χ2n) is 11.8. The minimum absolute atomic E-state index is 0.0679. The van der Waals surface area contributed by atoms with Gasteiger partial charge in [-0.2, -0.15) is 0 Å². The molecule has 9 nitrogen and oxygen atoms in total. The van der Waals surface area contributed by atoms with Crippen LogP contribution in [0.4, 0.5) is 8.78 Å². The van der Waals surface area contributed by atoms with Crippen LogP contribution in [0.25, 0.3) is 0 Å². The number of aliphatic hydroxyl groups excluding tert-OH is 1. The lowest BCUT2D eigenvalue weighted by atomic mass is 9.95. The molecule has 2 aliphatic heterocycles. The Morgan fingerprint density at radius 1 is 1.11 bits per heavy atom. The summed E-state index contributed by atoms with van der Waals surface area (Å²) in [6.45, 7) is 5.29. The smallest absolute Gasteiger partial charge is 0.254 e. The molecule has 12 heteroatoms. The number of hydrogen-bond acceptors (Lipinski definition) is 7. The number of amides is 3. The fourth-order valence-corrected chi connectivity index (χ4v) is 6.95. The van der Waals surface area contributed by atoms with E-state index in [-0.39, 0.29) is 48.0 Å². The largest absolute Gasteiger partial charge is 0.508 e. The van der Waals surface area contributed by atoms with Crippen LogP contribution in [0.15, 0.2) is 60.7 Å². The minimum atomic E-state index is -1.73. The summed E-state index contributed by atoms with van der Waals surface area (Å²) in [6.07, 6.45) is -1.37. The van der Waals surface area contributed by atoms with E-state index in [2.05, 4.69) is 10.6 Å². The Balaban J connectivity index is 1.39. The van der Waals surface area contributed by atoms with E-state index < -0.39 is 58.3 Å². The maximum Gasteiger partial charge on any atom is 0.254 e. The molecule has 0 aliphatic carbocycles. The topological polar surface area (TPSA) is 128 Å². The van der Waals surface area contributed by atoms with Crippen LogP contribution < -0.4 is 15.4 Å². The molecule has 0 aromatic heterocycles. The molecule has 3 aromatic rings. The van der Waals surface area contributed by atoms with Crippen molar-refractivity contribution in [2.75, 3.05) is 12.5 Å². The second-order valence-corrected chi connectivity index (χ2v) is 13.4. The van der Waals surface area contributed by atoms with Gasteiger partial charge in [-0.1, -0.05) is 36.4 Å². The van der Waals surface area contributed by atoms with Gasteiger partial charge in [0.25, 0.3) is 11.8 Å². The Labute approximate surface area is 264 Å². The highest BCUT2D eigenvalue weighted by Crippen LogP contribution is 2.41. The number of aliphatic hydroxyl groups is 1. The molecule has 238 valence electrons. The Kier molecular flexibility index (Phi) is 9.36. The van der Waals surface area contributed by atoms with Crippen molar-refractivity contribution in [3.63, 3.8) is 0 Å². The molecule has 0 unspecified atom stereocenters. The molecule has 0 saturated carbocycles. The van der Waals surface area contributed by atoms with Gasteiger partial charge in [-0.15, -0.1) is 11.8 Å². The molecule has 45 heavy (non-hydrogen) atoms. The Bertz CT molecular complexity index is 1600. The van der Waals surface area contributed by atoms with Crippen molar-refractivity contribution in [2.24, 2.45) is 0 Å². The fourth-order valence-electron chi connectivity index (χ4n) is 5.81. The molecule has 1 saturated heterocycles. The summed E-state index contributed by atoms with van der Waals surface area (Å²) in [4.78, 5) is 42.4. The van der Waals surface area contributed by atoms with Gasteiger partial charge in [-0.3, -0.25) is 14.4 Å². The number of thioether (sulfide) groups is 1. The van der Waals surface area contributed by atoms with Crippen molar-refractivity contribution in [3.8, 4) is 11.5 Å². The number of rotatable bonds is 8. The van der Waals surface area contributed by atoms with Crippen LogP contribution in [0.3, 0.4) is 0 Å². The molecule has 4 atom stereocenters. The minimum Gasteiger partial charge on any atom is -0.508 e. The highest BCUT2D eigenvalue weighted by molar-refractivity contribution is 8.00. The molecule has 4 N–H and O–H groups in total. The first-order chi connectivity index (χ1) is 21.4. The molecule has 1 fully saturated rings. The van der Waals surface area contributed by atoms with Crippen LogP contribution in [0.2, 0.25) is 0 Å². The van der Waals surface area contributed by atoms with Gasteiger partial charge in [0.15, 0.2) is 17.7 Å². The van der Waals surface area contributed by atoms with Crippen molar-refractivity contribution in [3.05, 3.63) is 94.6 Å². The number of hydrogen-bond donors (Lipinski definition) is 4. The zero-order chi connectivity index (χ0) is 32.5. The molecule has 0 radical (unpaired) electrons. The molecule has 2 heterocycles. The van der Waals surface area contributed by atoms with Gasteiger partial charge in [0.1, 0.15) is 17.6 Å². The zero-order valence-corrected chi connectivity index (χ0v) is 25.9. The predicted molar refractivity (Wildman–Crippen MR) is 165 cm³/mol. The number of aromatic hydroxyl groups is 1. The van der Waals surface area contributed by atoms with Gasteiger partial charge in [0, 0.05) is 33.9 Å². The number of halogens is 2. The van der Waals surface area contributed by atoms with E-state index in [1.807, 2.05) is 6.07 Å². The van der Waals surface area contributed by atoms with Gasteiger partial charge < -0.3 is 30.5 Å². The summed E-state index contributed by atoms with van der Waals surface area (Å²) >= 11 is 1.35. The highest BCUT2D eigenvalue weighted by atomic mass is 32.2. The van der Waals surface area contributed by atoms with Crippen LogP contribution in [0, 0.1) is 18.6 Å². The number of phenolic OH excluding ortho intramolecular Hbond substituents is 1. The number of fused-ring (bicyclic) bond motifs is 1. The maximum atomic E-state index is 14.4. The molecule has 5 rings (SSSR count). The van der Waals surface area contributed by atoms with E-state index >= 15 is 0 Å². The first-order valence-electron chi connectivity index (χ1n) is 14.6. The van der Waals surface area contributed by atoms with E-state index in [1.165, 1.54) is 34.9 Å². The summed E-state index contributed by atoms with van der Waals surface area (Å²) in [6, 6.07) is 12.5. The van der Waals surface area contributed by atoms with E-state index in [0.717, 1.165) is 11.6 Å². The van der Waals surface area contributed by atoms with Crippen molar-refractivity contribution in [1.29, 1.82) is 0 Å². The van der Waals surface area contributed by atoms with Crippen LogP contribution in [0.5, 0.6) is 11.5 Å². The first kappa shape index (κ1) is 32.2. The molecule has 0 spiro atoms. The third-order valence-electron chi connectivity index (χ3n) is 8.26. The number of nitrogens with one attached hydrogen (secondary N) is 2. The van der Waals surface area contributed by atoms with Crippen LogP contribution in [0.1, 0.15) is 53.4 Å². The van der Waals surface area contributed by atoms with Crippen LogP contribution in [-0.2, 0) is 16.0 Å². The third-order valence-corrected chi connectivity index (χ3v) is 9.63. The molecular weight excluding hydrogens is 604 g/mol. The molecule has 2 aliphatic rings. The number of benzene rings is 3. The summed E-state index contributed by atoms with van der Waals surface area (Å²) < 4.78 is 33.1. The number of phenols is 1. The number of ether oxygens (including phenoxy) is 1. The summed E-state index contributed by atoms with van der Waals surface area (Å²) in [5, 5.41) is 27.2. The quantitative estimate of drug-likeness (QED) is 0.294. The Morgan fingerprint density at radius 3 is 2.58 bits per heavy atom. The average molecular weight is 640 g/mol. The molecular formula is C33H35F2N3O6S. The van der Waals surface area contributed by atoms with E-state index in [0.29, 0.717) is 11.6 Å². The van der Waals surface area contributed by atoms with Crippen molar-refractivity contribution in [2.45, 2.75) is 62.6 Å². The standard InChI is InChI=1S/C33H35F2N3O6S/c1-18-21(10-7-11-26(18)39)30(41)37-25(14-19-8-5-4-6-9-19)27(40)32(43)38-17-45-33(2,3)29(38)31(42)36-24-12-13-44-28-22(24)15-20(34)16-23(28)35/h4-11,15-16,24-25,27,29,39-40H,12-14,17H2,1-3H3,(H,36,42)(H,37,41)/t24-,25-,27-,29-/m0/s1. The summed E-state index contributed by atoms with van der Waals surface area (Å²) in [7, 11) is 0. The van der Waals surface area contributed by atoms with E-state index in [1.54, 1.807) is 45.0 Å². The fraction of sp³-hybridized carbons (Fsp3) is 0.364. The lowest BCUT2D eigenvalue weighted by Crippen LogP contribution is -2.59. The second kappa shape index (κ2) is 13.1. The summed E-state index contributed by atoms with van der Waals surface area (Å²) in [5.41, 5.74) is 1.46. The Hall–Kier alpha value is -4.16. The maximum absolute atomic E-state index is 14.4. The van der Waals surface area contributed by atoms with Gasteiger partial charge in [-0.05, 0) is 51.0 Å². The van der Waals surface area contributed by atoms with Crippen molar-refractivity contribution in [1.82, 2.24) is 15.5 Å². The van der Waals surface area contributed by atoms with Crippen molar-refractivity contribution >= 4 is 29.5 Å². The SMILES string of the molecule is Cc1c(O)cccc1C(=O)N[C@@H](Cc1ccccc1)[C@H](O)C(=O)N1CSC(C)(C)[C@@H]1C(=O)N[C@H]1CCOc2c(F)cc(F)cc21. The van der Waals surface area contributed by atoms with Gasteiger partial charge in [0.05, 0.1) is 24.6 Å². The number of carbonyl (C=O) groups excluding carboxylic acids is 3. The number of nitrogens with zero attached hydrogens (tertiary/aromatic N) is 1. The zero-order valence-electron chi connectivity index (χ0n) is 25.1. The van der Waals surface area contributed by atoms with E-state index in [9.17, 15) is 33.4 Å². The monoisotopic (exact) mass is 639 g/mol. The van der Waals surface area contributed by atoms with Gasteiger partial charge in [-0.25, -0.2) is 8.78 Å². The lowest BCUT2D eigenvalue weighted by molar-refractivity contribution is -0.147. The summed E-state index contributed by atoms with van der Waals surface area (Å²) in [5.74, 6) is -3.67. The molecule has 0 bridgehead atoms. The molecule has 3 amide bonds. The van der Waals surface area contributed by atoms with Gasteiger partial charge >= 0.3 is 0 Å². The predicted octanol–water partition coefficient (Wildman–Crippen LogP) is 4.00. The van der Waals surface area contributed by atoms with Gasteiger partial charge in [0.2, 0.25) is 5.91 Å². The number of carbonyl (C=O) groups is 3. The third kappa shape index (κ3) is 6.76.